The summed E-state index contributed by atoms with van der Waals surface area (Å²) in [5.41, 5.74) is 0.0890. The second kappa shape index (κ2) is 8.11. The number of halogens is 1. The summed E-state index contributed by atoms with van der Waals surface area (Å²) in [7, 11) is 0. The van der Waals surface area contributed by atoms with Gasteiger partial charge in [0.05, 0.1) is 12.1 Å². The molecule has 1 aromatic carbocycles. The molecule has 0 unspecified atom stereocenters. The molecule has 0 aliphatic heterocycles. The summed E-state index contributed by atoms with van der Waals surface area (Å²) in [5, 5.41) is 2.92. The van der Waals surface area contributed by atoms with E-state index in [1.165, 1.54) is 6.20 Å². The lowest BCUT2D eigenvalue weighted by Crippen LogP contribution is -2.17. The average molecular weight is 340 g/mol. The number of hydrogen-bond donors (Lipinski definition) is 2. The molecule has 0 radical (unpaired) electrons. The van der Waals surface area contributed by atoms with E-state index in [-0.39, 0.29) is 29.6 Å². The van der Waals surface area contributed by atoms with Gasteiger partial charge in [0, 0.05) is 6.20 Å². The molecule has 1 aromatic heterocycles. The number of H-pyrrole nitrogens is 1. The molecular weight excluding hydrogens is 326 g/mol. The topological polar surface area (TPSA) is 84.1 Å². The van der Waals surface area contributed by atoms with Crippen LogP contribution in [0.4, 0.5) is 5.82 Å². The van der Waals surface area contributed by atoms with Gasteiger partial charge in [-0.3, -0.25) is 4.98 Å². The van der Waals surface area contributed by atoms with Crippen LogP contribution < -0.4 is 11.0 Å². The number of ether oxygens (including phenoxy) is 1. The second-order valence-electron chi connectivity index (χ2n) is 3.72. The molecule has 2 rings (SSSR count). The molecular formula is C13H14BrN3O3. The molecule has 2 N–H and O–H groups in total. The lowest BCUT2D eigenvalue weighted by Gasteiger charge is -2.06. The maximum absolute atomic E-state index is 11.6. The third-order valence-corrected chi connectivity index (χ3v) is 2.33. The summed E-state index contributed by atoms with van der Waals surface area (Å²) in [4.78, 5) is 28.5. The van der Waals surface area contributed by atoms with Gasteiger partial charge in [-0.2, -0.15) is 0 Å². The minimum absolute atomic E-state index is 0. The summed E-state index contributed by atoms with van der Waals surface area (Å²) >= 11 is 0. The second-order valence-corrected chi connectivity index (χ2v) is 3.72. The minimum Gasteiger partial charge on any atom is -0.460 e. The Labute approximate surface area is 126 Å². The van der Waals surface area contributed by atoms with Crippen molar-refractivity contribution >= 4 is 28.8 Å². The van der Waals surface area contributed by atoms with Crippen LogP contribution in [0.1, 0.15) is 10.4 Å². The van der Waals surface area contributed by atoms with Crippen LogP contribution in [0.3, 0.4) is 0 Å². The first kappa shape index (κ1) is 15.9. The Morgan fingerprint density at radius 1 is 1.25 bits per heavy atom. The van der Waals surface area contributed by atoms with Gasteiger partial charge >= 0.3 is 11.7 Å². The molecule has 0 atom stereocenters. The average Bonchev–Trinajstić information content (AvgIpc) is 2.44. The van der Waals surface area contributed by atoms with Crippen LogP contribution >= 0.6 is 17.0 Å². The summed E-state index contributed by atoms with van der Waals surface area (Å²) in [6.45, 7) is 0.608. The van der Waals surface area contributed by atoms with E-state index in [0.717, 1.165) is 0 Å². The van der Waals surface area contributed by atoms with Gasteiger partial charge < -0.3 is 10.1 Å². The molecule has 0 spiro atoms. The largest absolute Gasteiger partial charge is 0.460 e. The standard InChI is InChI=1S/C13H13N3O3.BrH/c17-12(10-4-2-1-3-5-10)19-9-8-14-11-6-7-15-13(18)16-11;/h1-7H,8-9H2,(H2,14,15,16,18);1H. The molecule has 0 saturated carbocycles. The molecule has 0 amide bonds. The Morgan fingerprint density at radius 2 is 2.00 bits per heavy atom. The van der Waals surface area contributed by atoms with Gasteiger partial charge in [-0.25, -0.2) is 14.6 Å². The van der Waals surface area contributed by atoms with E-state index in [2.05, 4.69) is 15.3 Å². The Balaban J connectivity index is 0.00000200. The van der Waals surface area contributed by atoms with Gasteiger partial charge in [0.1, 0.15) is 12.4 Å². The summed E-state index contributed by atoms with van der Waals surface area (Å²) in [5.74, 6) is 0.168. The molecule has 0 bridgehead atoms. The van der Waals surface area contributed by atoms with Crippen molar-refractivity contribution in [3.05, 3.63) is 58.6 Å². The minimum atomic E-state index is -0.425. The zero-order valence-corrected chi connectivity index (χ0v) is 12.2. The molecule has 106 valence electrons. The van der Waals surface area contributed by atoms with Crippen LogP contribution in [0, 0.1) is 0 Å². The van der Waals surface area contributed by atoms with Crippen molar-refractivity contribution in [1.29, 1.82) is 0 Å². The molecule has 7 heteroatoms. The smallest absolute Gasteiger partial charge is 0.346 e. The molecule has 0 saturated heterocycles. The number of aromatic nitrogens is 2. The SMILES string of the molecule is Br.O=C(OCCNc1ccnc(=O)[nH]1)c1ccccc1. The van der Waals surface area contributed by atoms with Gasteiger partial charge in [0.25, 0.3) is 0 Å². The number of rotatable bonds is 5. The number of benzene rings is 1. The van der Waals surface area contributed by atoms with Gasteiger partial charge in [0.2, 0.25) is 0 Å². The first-order chi connectivity index (χ1) is 9.25. The summed E-state index contributed by atoms with van der Waals surface area (Å²) in [6, 6.07) is 10.4. The van der Waals surface area contributed by atoms with Crippen molar-refractivity contribution in [3.63, 3.8) is 0 Å². The van der Waals surface area contributed by atoms with Crippen LogP contribution in [-0.4, -0.2) is 29.1 Å². The van der Waals surface area contributed by atoms with E-state index >= 15 is 0 Å². The van der Waals surface area contributed by atoms with E-state index in [9.17, 15) is 9.59 Å². The van der Waals surface area contributed by atoms with E-state index in [1.54, 1.807) is 30.3 Å². The van der Waals surface area contributed by atoms with Crippen molar-refractivity contribution < 1.29 is 9.53 Å². The Bertz CT molecular complexity index is 601. The fourth-order valence-corrected chi connectivity index (χ4v) is 1.46. The summed E-state index contributed by atoms with van der Waals surface area (Å²) in [6.07, 6.45) is 1.40. The first-order valence-corrected chi connectivity index (χ1v) is 5.77. The highest BCUT2D eigenvalue weighted by Crippen LogP contribution is 2.01. The van der Waals surface area contributed by atoms with Crippen molar-refractivity contribution in [2.24, 2.45) is 0 Å². The number of nitrogens with one attached hydrogen (secondary N) is 2. The third kappa shape index (κ3) is 4.85. The molecule has 2 aromatic rings. The van der Waals surface area contributed by atoms with Gasteiger partial charge in [0.15, 0.2) is 0 Å². The first-order valence-electron chi connectivity index (χ1n) is 5.77. The van der Waals surface area contributed by atoms with E-state index in [4.69, 9.17) is 4.74 Å². The summed E-state index contributed by atoms with van der Waals surface area (Å²) < 4.78 is 5.07. The van der Waals surface area contributed by atoms with Crippen LogP contribution in [0.15, 0.2) is 47.4 Å². The predicted octanol–water partition coefficient (Wildman–Crippen LogP) is 1.62. The predicted molar refractivity (Wildman–Crippen MR) is 80.4 cm³/mol. The third-order valence-electron chi connectivity index (χ3n) is 2.33. The molecule has 0 aliphatic rings. The van der Waals surface area contributed by atoms with Gasteiger partial charge in [-0.05, 0) is 18.2 Å². The fraction of sp³-hybridized carbons (Fsp3) is 0.154. The van der Waals surface area contributed by atoms with Gasteiger partial charge in [-0.15, -0.1) is 17.0 Å². The number of carbonyl (C=O) groups excluding carboxylic acids is 1. The van der Waals surface area contributed by atoms with E-state index < -0.39 is 5.69 Å². The lowest BCUT2D eigenvalue weighted by molar-refractivity contribution is 0.0520. The number of nitrogens with zero attached hydrogens (tertiary/aromatic N) is 1. The molecule has 0 aliphatic carbocycles. The van der Waals surface area contributed by atoms with Crippen molar-refractivity contribution in [2.45, 2.75) is 0 Å². The van der Waals surface area contributed by atoms with Crippen LogP contribution in [0.25, 0.3) is 0 Å². The van der Waals surface area contributed by atoms with Crippen molar-refractivity contribution in [1.82, 2.24) is 9.97 Å². The fourth-order valence-electron chi connectivity index (χ4n) is 1.46. The normalized spacial score (nSPS) is 9.40. The monoisotopic (exact) mass is 339 g/mol. The van der Waals surface area contributed by atoms with Crippen molar-refractivity contribution in [2.75, 3.05) is 18.5 Å². The number of esters is 1. The number of aromatic amines is 1. The van der Waals surface area contributed by atoms with Crippen LogP contribution in [0.5, 0.6) is 0 Å². The van der Waals surface area contributed by atoms with E-state index in [0.29, 0.717) is 17.9 Å². The quantitative estimate of drug-likeness (QED) is 0.638. The van der Waals surface area contributed by atoms with Crippen molar-refractivity contribution in [3.8, 4) is 0 Å². The Morgan fingerprint density at radius 3 is 2.70 bits per heavy atom. The van der Waals surface area contributed by atoms with E-state index in [1.807, 2.05) is 6.07 Å². The highest BCUT2D eigenvalue weighted by Gasteiger charge is 2.04. The van der Waals surface area contributed by atoms with Crippen LogP contribution in [-0.2, 0) is 4.74 Å². The highest BCUT2D eigenvalue weighted by atomic mass is 79.9. The molecule has 1 heterocycles. The van der Waals surface area contributed by atoms with Gasteiger partial charge in [-0.1, -0.05) is 18.2 Å². The zero-order chi connectivity index (χ0) is 13.5. The number of carbonyl (C=O) groups is 1. The maximum Gasteiger partial charge on any atom is 0.346 e. The number of hydrogen-bond acceptors (Lipinski definition) is 5. The maximum atomic E-state index is 11.6. The molecule has 20 heavy (non-hydrogen) atoms. The number of anilines is 1. The molecule has 0 fully saturated rings. The van der Waals surface area contributed by atoms with Crippen LogP contribution in [0.2, 0.25) is 0 Å². The Kier molecular flexibility index (Phi) is 6.45. The molecule has 6 nitrogen and oxygen atoms in total. The zero-order valence-electron chi connectivity index (χ0n) is 10.5. The lowest BCUT2D eigenvalue weighted by atomic mass is 10.2. The highest BCUT2D eigenvalue weighted by molar-refractivity contribution is 8.93. The Hall–Kier alpha value is -2.15.